The Labute approximate surface area is 281 Å². The van der Waals surface area contributed by atoms with Gasteiger partial charge in [0.15, 0.2) is 5.82 Å². The van der Waals surface area contributed by atoms with E-state index >= 15 is 0 Å². The maximum absolute atomic E-state index is 13.7. The molecule has 3 amide bonds. The summed E-state index contributed by atoms with van der Waals surface area (Å²) in [5.74, 6) is -3.05. The number of piperazine rings is 1. The first-order chi connectivity index (χ1) is 23.6. The molecule has 1 aromatic heterocycles. The summed E-state index contributed by atoms with van der Waals surface area (Å²) in [6, 6.07) is 17.3. The van der Waals surface area contributed by atoms with Crippen LogP contribution in [-0.2, 0) is 23.9 Å². The van der Waals surface area contributed by atoms with E-state index in [-0.39, 0.29) is 75.9 Å². The van der Waals surface area contributed by atoms with Gasteiger partial charge in [0.25, 0.3) is 12.4 Å². The molecule has 0 spiro atoms. The normalized spacial score (nSPS) is 13.5. The SMILES string of the molecule is CCOC(=O)N1CCN(C(=O)[C@H](CCC(=O)O)NC(=O)c2cc(N[C@@H](CC(=O)O)c3ccccc3)nc(-c3ccccc3)n2)CC1.O=CO. The summed E-state index contributed by atoms with van der Waals surface area (Å²) in [6.07, 6.45) is -1.30. The third kappa shape index (κ3) is 11.6. The molecule has 0 radical (unpaired) electrons. The molecule has 1 aliphatic heterocycles. The predicted octanol–water partition coefficient (Wildman–Crippen LogP) is 2.74. The molecular formula is C33H38N6O10. The van der Waals surface area contributed by atoms with Gasteiger partial charge in [-0.3, -0.25) is 24.0 Å². The molecule has 49 heavy (non-hydrogen) atoms. The molecule has 260 valence electrons. The Morgan fingerprint density at radius 3 is 2.06 bits per heavy atom. The van der Waals surface area contributed by atoms with Crippen LogP contribution in [0.1, 0.15) is 48.3 Å². The number of aromatic nitrogens is 2. The summed E-state index contributed by atoms with van der Waals surface area (Å²) in [6.45, 7) is 2.49. The van der Waals surface area contributed by atoms with Gasteiger partial charge in [-0.1, -0.05) is 60.7 Å². The predicted molar refractivity (Wildman–Crippen MR) is 175 cm³/mol. The van der Waals surface area contributed by atoms with Gasteiger partial charge >= 0.3 is 18.0 Å². The third-order valence-corrected chi connectivity index (χ3v) is 7.26. The van der Waals surface area contributed by atoms with Crippen molar-refractivity contribution in [1.29, 1.82) is 0 Å². The van der Waals surface area contributed by atoms with Crippen molar-refractivity contribution < 1.29 is 48.8 Å². The molecule has 0 bridgehead atoms. The van der Waals surface area contributed by atoms with Crippen molar-refractivity contribution in [1.82, 2.24) is 25.1 Å². The molecule has 16 heteroatoms. The van der Waals surface area contributed by atoms with Crippen LogP contribution < -0.4 is 10.6 Å². The van der Waals surface area contributed by atoms with Crippen molar-refractivity contribution in [3.63, 3.8) is 0 Å². The Balaban J connectivity index is 0.00000209. The largest absolute Gasteiger partial charge is 0.483 e. The molecule has 1 aliphatic rings. The second-order valence-corrected chi connectivity index (χ2v) is 10.6. The summed E-state index contributed by atoms with van der Waals surface area (Å²) >= 11 is 0. The van der Waals surface area contributed by atoms with Crippen molar-refractivity contribution in [2.75, 3.05) is 38.1 Å². The van der Waals surface area contributed by atoms with E-state index in [0.717, 1.165) is 0 Å². The summed E-state index contributed by atoms with van der Waals surface area (Å²) < 4.78 is 5.03. The zero-order valence-electron chi connectivity index (χ0n) is 26.7. The molecule has 1 saturated heterocycles. The molecule has 5 N–H and O–H groups in total. The molecule has 0 unspecified atom stereocenters. The Morgan fingerprint density at radius 1 is 0.898 bits per heavy atom. The van der Waals surface area contributed by atoms with Crippen LogP contribution in [0.4, 0.5) is 10.6 Å². The van der Waals surface area contributed by atoms with Crippen LogP contribution in [0.3, 0.4) is 0 Å². The molecule has 4 rings (SSSR count). The van der Waals surface area contributed by atoms with Gasteiger partial charge in [0.1, 0.15) is 17.6 Å². The minimum Gasteiger partial charge on any atom is -0.483 e. The Morgan fingerprint density at radius 2 is 1.49 bits per heavy atom. The van der Waals surface area contributed by atoms with E-state index in [1.165, 1.54) is 15.9 Å². The van der Waals surface area contributed by atoms with Gasteiger partial charge in [0.05, 0.1) is 19.1 Å². The zero-order chi connectivity index (χ0) is 35.8. The van der Waals surface area contributed by atoms with Crippen molar-refractivity contribution in [3.8, 4) is 11.4 Å². The number of carboxylic acids is 2. The lowest BCUT2D eigenvalue weighted by Gasteiger charge is -2.35. The van der Waals surface area contributed by atoms with Crippen molar-refractivity contribution >= 4 is 42.1 Å². The van der Waals surface area contributed by atoms with Crippen molar-refractivity contribution in [3.05, 3.63) is 78.0 Å². The van der Waals surface area contributed by atoms with Crippen LogP contribution in [0.15, 0.2) is 66.7 Å². The van der Waals surface area contributed by atoms with Crippen LogP contribution in [0.5, 0.6) is 0 Å². The van der Waals surface area contributed by atoms with E-state index in [9.17, 15) is 34.2 Å². The molecule has 0 aliphatic carbocycles. The topological polar surface area (TPSA) is 229 Å². The van der Waals surface area contributed by atoms with Crippen LogP contribution >= 0.6 is 0 Å². The summed E-state index contributed by atoms with van der Waals surface area (Å²) in [5.41, 5.74) is 1.17. The highest BCUT2D eigenvalue weighted by molar-refractivity contribution is 5.97. The highest BCUT2D eigenvalue weighted by Crippen LogP contribution is 2.25. The Kier molecular flexibility index (Phi) is 14.4. The molecule has 3 aromatic rings. The first-order valence-corrected chi connectivity index (χ1v) is 15.3. The smallest absolute Gasteiger partial charge is 0.409 e. The molecular weight excluding hydrogens is 640 g/mol. The van der Waals surface area contributed by atoms with E-state index in [1.807, 2.05) is 12.1 Å². The van der Waals surface area contributed by atoms with E-state index in [1.54, 1.807) is 55.5 Å². The monoisotopic (exact) mass is 678 g/mol. The first-order valence-electron chi connectivity index (χ1n) is 15.3. The summed E-state index contributed by atoms with van der Waals surface area (Å²) in [4.78, 5) is 82.7. The Bertz CT molecular complexity index is 1580. The molecule has 16 nitrogen and oxygen atoms in total. The van der Waals surface area contributed by atoms with E-state index in [4.69, 9.17) is 14.6 Å². The van der Waals surface area contributed by atoms with Crippen LogP contribution in [0.2, 0.25) is 0 Å². The Hall–Kier alpha value is -6.06. The first kappa shape index (κ1) is 37.4. The van der Waals surface area contributed by atoms with Gasteiger partial charge < -0.3 is 40.5 Å². The standard InChI is InChI=1S/C32H36N6O8.CH2O2/c1-2-46-32(45)38-17-15-37(16-18-38)31(44)23(13-14-27(39)40)35-30(43)25-19-26(36-29(34-25)22-11-7-4-8-12-22)33-24(20-28(41)42)21-9-5-3-6-10-21;2-1-3/h3-12,19,23-24H,2,13-18,20H2,1H3,(H,35,43)(H,39,40)(H,41,42)(H,33,34,36);1H,(H,2,3)/t23-,24-;/m0./s1. The molecule has 2 atom stereocenters. The number of rotatable bonds is 13. The van der Waals surface area contributed by atoms with Crippen LogP contribution in [-0.4, -0.2) is 110 Å². The number of anilines is 1. The second-order valence-electron chi connectivity index (χ2n) is 10.6. The number of hydrogen-bond donors (Lipinski definition) is 5. The highest BCUT2D eigenvalue weighted by atomic mass is 16.6. The number of amides is 3. The fourth-order valence-electron chi connectivity index (χ4n) is 4.95. The number of ether oxygens (including phenoxy) is 1. The minimum atomic E-state index is -1.19. The number of carbonyl (C=O) groups excluding carboxylic acids is 3. The number of aliphatic carboxylic acids is 2. The molecule has 2 aromatic carbocycles. The fourth-order valence-corrected chi connectivity index (χ4v) is 4.95. The zero-order valence-corrected chi connectivity index (χ0v) is 26.7. The quantitative estimate of drug-likeness (QED) is 0.164. The minimum absolute atomic E-state index is 0.112. The summed E-state index contributed by atoms with van der Waals surface area (Å²) in [5, 5.41) is 31.6. The number of nitrogens with zero attached hydrogens (tertiary/aromatic N) is 4. The lowest BCUT2D eigenvalue weighted by atomic mass is 10.0. The number of carbonyl (C=O) groups is 6. The lowest BCUT2D eigenvalue weighted by Crippen LogP contribution is -2.56. The fraction of sp³-hybridized carbons (Fsp3) is 0.333. The average molecular weight is 679 g/mol. The van der Waals surface area contributed by atoms with Gasteiger partial charge in [-0.05, 0) is 18.9 Å². The van der Waals surface area contributed by atoms with Gasteiger partial charge in [0.2, 0.25) is 5.91 Å². The lowest BCUT2D eigenvalue weighted by molar-refractivity contribution is -0.139. The second kappa shape index (κ2) is 18.9. The highest BCUT2D eigenvalue weighted by Gasteiger charge is 2.31. The number of hydrogen-bond acceptors (Lipinski definition) is 10. The van der Waals surface area contributed by atoms with Crippen molar-refractivity contribution in [2.45, 2.75) is 38.3 Å². The van der Waals surface area contributed by atoms with Crippen LogP contribution in [0, 0.1) is 0 Å². The number of carboxylic acid groups (broad SMARTS) is 3. The van der Waals surface area contributed by atoms with E-state index in [0.29, 0.717) is 11.1 Å². The maximum Gasteiger partial charge on any atom is 0.409 e. The van der Waals surface area contributed by atoms with Gasteiger partial charge in [-0.15, -0.1) is 0 Å². The molecule has 0 saturated carbocycles. The maximum atomic E-state index is 13.7. The van der Waals surface area contributed by atoms with Gasteiger partial charge in [-0.25, -0.2) is 14.8 Å². The molecule has 1 fully saturated rings. The summed E-state index contributed by atoms with van der Waals surface area (Å²) in [7, 11) is 0. The average Bonchev–Trinajstić information content (AvgIpc) is 3.10. The van der Waals surface area contributed by atoms with Crippen molar-refractivity contribution in [2.24, 2.45) is 0 Å². The van der Waals surface area contributed by atoms with E-state index in [2.05, 4.69) is 20.6 Å². The van der Waals surface area contributed by atoms with Gasteiger partial charge in [0, 0.05) is 44.2 Å². The molecule has 2 heterocycles. The van der Waals surface area contributed by atoms with E-state index < -0.39 is 41.9 Å². The third-order valence-electron chi connectivity index (χ3n) is 7.26. The number of benzene rings is 2. The van der Waals surface area contributed by atoms with Crippen LogP contribution in [0.25, 0.3) is 11.4 Å². The van der Waals surface area contributed by atoms with Gasteiger partial charge in [-0.2, -0.15) is 0 Å². The number of nitrogens with one attached hydrogen (secondary N) is 2.